The standard InChI is InChI=1S/C29H29INO2/c1-3-25(21-8-5-4-6-9-21)29(22-11-14-24(32)15-12-22)23-13-16-28(33-19-18-31-2)26(20-23)27-10-7-17-30-27/h4-6,8-9,11-16,20,27,31-32H,3,17-19H2,1-2H3/q-1/b29-25-. The van der Waals surface area contributed by atoms with Gasteiger partial charge in [-0.2, -0.15) is 0 Å². The molecule has 4 heteroatoms. The first kappa shape index (κ1) is 23.4. The van der Waals surface area contributed by atoms with Gasteiger partial charge in [0.15, 0.2) is 0 Å². The van der Waals surface area contributed by atoms with Gasteiger partial charge in [0.1, 0.15) is 0 Å². The number of hydrogen-bond acceptors (Lipinski definition) is 3. The Morgan fingerprint density at radius 2 is 1.79 bits per heavy atom. The SMILES string of the molecule is CC/C(=C(\c1ccc(O)cc1)c1ccc(OCCNC)c(C2C#CC[I-]2)c1)c1ccccc1. The van der Waals surface area contributed by atoms with Crippen LogP contribution in [0.4, 0.5) is 0 Å². The Bertz CT molecular complexity index is 1170. The van der Waals surface area contributed by atoms with Crippen LogP contribution in [-0.2, 0) is 0 Å². The molecule has 0 spiro atoms. The monoisotopic (exact) mass is 550 g/mol. The van der Waals surface area contributed by atoms with Crippen LogP contribution in [0, 0.1) is 11.8 Å². The molecule has 0 saturated carbocycles. The Balaban J connectivity index is 1.88. The average molecular weight is 550 g/mol. The molecule has 2 N–H and O–H groups in total. The van der Waals surface area contributed by atoms with E-state index in [0.29, 0.717) is 10.5 Å². The van der Waals surface area contributed by atoms with E-state index in [1.165, 1.54) is 22.3 Å². The molecule has 0 radical (unpaired) electrons. The van der Waals surface area contributed by atoms with E-state index in [0.717, 1.165) is 34.3 Å². The molecule has 0 bridgehead atoms. The number of nitrogens with one attached hydrogen (secondary N) is 1. The molecular weight excluding hydrogens is 521 g/mol. The van der Waals surface area contributed by atoms with Crippen molar-refractivity contribution in [2.45, 2.75) is 17.3 Å². The minimum absolute atomic E-state index is 0.0621. The van der Waals surface area contributed by atoms with E-state index in [9.17, 15) is 5.11 Å². The zero-order chi connectivity index (χ0) is 23.0. The molecule has 1 unspecified atom stereocenters. The second-order valence-electron chi connectivity index (χ2n) is 7.80. The number of likely N-dealkylation sites (N-methyl/N-ethyl adjacent to an activating group) is 1. The predicted octanol–water partition coefficient (Wildman–Crippen LogP) is 2.51. The molecule has 1 aliphatic heterocycles. The Morgan fingerprint density at radius 3 is 2.45 bits per heavy atom. The molecule has 4 rings (SSSR count). The summed E-state index contributed by atoms with van der Waals surface area (Å²) in [5, 5.41) is 13.0. The van der Waals surface area contributed by atoms with Crippen molar-refractivity contribution in [2.75, 3.05) is 24.6 Å². The molecule has 1 aliphatic rings. The second-order valence-corrected chi connectivity index (χ2v) is 10.7. The van der Waals surface area contributed by atoms with Crippen molar-refractivity contribution in [3.05, 3.63) is 95.1 Å². The van der Waals surface area contributed by atoms with Gasteiger partial charge >= 0.3 is 208 Å². The van der Waals surface area contributed by atoms with Gasteiger partial charge in [0.25, 0.3) is 0 Å². The third kappa shape index (κ3) is 5.61. The number of ether oxygens (including phenoxy) is 1. The fraction of sp³-hybridized carbons (Fsp3) is 0.241. The van der Waals surface area contributed by atoms with E-state index in [1.807, 2.05) is 19.2 Å². The topological polar surface area (TPSA) is 41.5 Å². The second kappa shape index (κ2) is 11.4. The number of rotatable bonds is 9. The first-order valence-electron chi connectivity index (χ1n) is 11.3. The number of allylic oxidation sites excluding steroid dienone is 1. The van der Waals surface area contributed by atoms with Crippen LogP contribution in [0.15, 0.2) is 72.8 Å². The van der Waals surface area contributed by atoms with E-state index in [4.69, 9.17) is 4.74 Å². The van der Waals surface area contributed by atoms with Crippen molar-refractivity contribution < 1.29 is 31.0 Å². The molecule has 0 fully saturated rings. The summed E-state index contributed by atoms with van der Waals surface area (Å²) in [6, 6.07) is 24.7. The van der Waals surface area contributed by atoms with Crippen LogP contribution in [0.5, 0.6) is 11.5 Å². The Labute approximate surface area is 207 Å². The van der Waals surface area contributed by atoms with Crippen LogP contribution in [-0.4, -0.2) is 29.7 Å². The average Bonchev–Trinajstić information content (AvgIpc) is 3.39. The number of halogens is 1. The molecule has 3 nitrogen and oxygen atoms in total. The summed E-state index contributed by atoms with van der Waals surface area (Å²) in [4.78, 5) is 0. The normalized spacial score (nSPS) is 15.8. The van der Waals surface area contributed by atoms with E-state index in [1.54, 1.807) is 12.1 Å². The molecule has 1 heterocycles. The van der Waals surface area contributed by atoms with Gasteiger partial charge in [-0.15, -0.1) is 0 Å². The van der Waals surface area contributed by atoms with Crippen LogP contribution >= 0.6 is 0 Å². The molecule has 1 atom stereocenters. The Hall–Kier alpha value is -2.75. The number of aromatic hydroxyl groups is 1. The van der Waals surface area contributed by atoms with Crippen molar-refractivity contribution in [3.63, 3.8) is 0 Å². The van der Waals surface area contributed by atoms with Crippen LogP contribution in [0.1, 0.15) is 39.5 Å². The number of benzene rings is 3. The van der Waals surface area contributed by atoms with Crippen LogP contribution in [0.25, 0.3) is 11.1 Å². The number of phenolic OH excluding ortho intramolecular Hbond substituents is 1. The fourth-order valence-electron chi connectivity index (χ4n) is 4.05. The number of phenols is 1. The van der Waals surface area contributed by atoms with Crippen LogP contribution in [0.2, 0.25) is 0 Å². The van der Waals surface area contributed by atoms with E-state index < -0.39 is 0 Å². The number of alkyl halides is 2. The molecular formula is C29H29INO2-. The summed E-state index contributed by atoms with van der Waals surface area (Å²) in [6.07, 6.45) is 0.895. The summed E-state index contributed by atoms with van der Waals surface area (Å²) >= 11 is -0.0621. The molecule has 0 aliphatic carbocycles. The zero-order valence-corrected chi connectivity index (χ0v) is 21.2. The summed E-state index contributed by atoms with van der Waals surface area (Å²) in [5.74, 6) is 7.97. The summed E-state index contributed by atoms with van der Waals surface area (Å²) < 4.78 is 7.49. The van der Waals surface area contributed by atoms with Gasteiger partial charge < -0.3 is 0 Å². The zero-order valence-electron chi connectivity index (χ0n) is 19.1. The Morgan fingerprint density at radius 1 is 1.03 bits per heavy atom. The van der Waals surface area contributed by atoms with Crippen molar-refractivity contribution in [3.8, 4) is 23.3 Å². The molecule has 3 aromatic rings. The maximum atomic E-state index is 9.90. The first-order valence-corrected chi connectivity index (χ1v) is 14.0. The van der Waals surface area contributed by atoms with Gasteiger partial charge in [-0.05, 0) is 0 Å². The van der Waals surface area contributed by atoms with Crippen LogP contribution in [0.3, 0.4) is 0 Å². The Kier molecular flexibility index (Phi) is 8.09. The van der Waals surface area contributed by atoms with E-state index in [2.05, 4.69) is 72.6 Å². The molecule has 33 heavy (non-hydrogen) atoms. The summed E-state index contributed by atoms with van der Waals surface area (Å²) in [6.45, 7) is 3.64. The first-order chi connectivity index (χ1) is 16.2. The maximum absolute atomic E-state index is 9.90. The molecule has 0 saturated heterocycles. The van der Waals surface area contributed by atoms with Gasteiger partial charge in [-0.1, -0.05) is 0 Å². The van der Waals surface area contributed by atoms with Gasteiger partial charge in [-0.25, -0.2) is 0 Å². The van der Waals surface area contributed by atoms with E-state index in [-0.39, 0.29) is 27.0 Å². The quantitative estimate of drug-likeness (QED) is 0.142. The molecule has 3 aromatic carbocycles. The van der Waals surface area contributed by atoms with Crippen LogP contribution < -0.4 is 31.3 Å². The fourth-order valence-corrected chi connectivity index (χ4v) is 6.33. The minimum atomic E-state index is -0.0621. The molecule has 0 amide bonds. The third-order valence-electron chi connectivity index (χ3n) is 5.64. The van der Waals surface area contributed by atoms with Gasteiger partial charge in [0, 0.05) is 0 Å². The summed E-state index contributed by atoms with van der Waals surface area (Å²) in [7, 11) is 1.94. The van der Waals surface area contributed by atoms with Crippen molar-refractivity contribution in [1.82, 2.24) is 5.32 Å². The third-order valence-corrected chi connectivity index (χ3v) is 8.33. The van der Waals surface area contributed by atoms with Gasteiger partial charge in [0.05, 0.1) is 0 Å². The molecule has 170 valence electrons. The number of hydrogen-bond donors (Lipinski definition) is 2. The van der Waals surface area contributed by atoms with E-state index >= 15 is 0 Å². The molecule has 0 aromatic heterocycles. The van der Waals surface area contributed by atoms with Crippen molar-refractivity contribution >= 4 is 11.1 Å². The van der Waals surface area contributed by atoms with Gasteiger partial charge in [-0.3, -0.25) is 0 Å². The van der Waals surface area contributed by atoms with Crippen molar-refractivity contribution in [2.24, 2.45) is 0 Å². The predicted molar refractivity (Wildman–Crippen MR) is 132 cm³/mol. The van der Waals surface area contributed by atoms with Gasteiger partial charge in [0.2, 0.25) is 0 Å². The summed E-state index contributed by atoms with van der Waals surface area (Å²) in [5.41, 5.74) is 7.15. The van der Waals surface area contributed by atoms with Crippen molar-refractivity contribution in [1.29, 1.82) is 0 Å².